The second kappa shape index (κ2) is 11.0. The summed E-state index contributed by atoms with van der Waals surface area (Å²) < 4.78 is 0. The largest absolute Gasteiger partial charge is 0.374 e. The van der Waals surface area contributed by atoms with Gasteiger partial charge in [-0.3, -0.25) is 0 Å². The van der Waals surface area contributed by atoms with Crippen LogP contribution in [0.4, 0.5) is 11.4 Å². The molecule has 0 amide bonds. The Balaban J connectivity index is 2.09. The Labute approximate surface area is 167 Å². The Kier molecular flexibility index (Phi) is 8.71. The highest BCUT2D eigenvalue weighted by molar-refractivity contribution is 5.60. The van der Waals surface area contributed by atoms with Crippen LogP contribution >= 0.6 is 0 Å². The van der Waals surface area contributed by atoms with Crippen molar-refractivity contribution in [2.24, 2.45) is 0 Å². The van der Waals surface area contributed by atoms with Gasteiger partial charge in [-0.2, -0.15) is 0 Å². The standard InChI is InChI=1S/C25H38N2/c1-6-18-27(25-22(8-3)15-12-16-23(25)9-4)20-13-19-26(5)24-17-11-10-14-21(24)7-2/h10-12,14-17H,6-9,13,18-20H2,1-5H3. The van der Waals surface area contributed by atoms with E-state index in [-0.39, 0.29) is 0 Å². The van der Waals surface area contributed by atoms with Crippen LogP contribution in [0.5, 0.6) is 0 Å². The molecule has 0 aromatic heterocycles. The van der Waals surface area contributed by atoms with Gasteiger partial charge in [0.15, 0.2) is 0 Å². The highest BCUT2D eigenvalue weighted by Crippen LogP contribution is 2.28. The molecule has 0 bridgehead atoms. The van der Waals surface area contributed by atoms with E-state index in [4.69, 9.17) is 0 Å². The molecule has 0 heterocycles. The van der Waals surface area contributed by atoms with Crippen molar-refractivity contribution >= 4 is 11.4 Å². The molecule has 148 valence electrons. The van der Waals surface area contributed by atoms with E-state index in [9.17, 15) is 0 Å². The van der Waals surface area contributed by atoms with Crippen LogP contribution in [0.2, 0.25) is 0 Å². The third kappa shape index (κ3) is 5.51. The molecule has 0 saturated carbocycles. The van der Waals surface area contributed by atoms with Gasteiger partial charge in [-0.1, -0.05) is 64.1 Å². The minimum Gasteiger partial charge on any atom is -0.374 e. The fourth-order valence-electron chi connectivity index (χ4n) is 4.03. The normalized spacial score (nSPS) is 10.9. The molecule has 0 fully saturated rings. The monoisotopic (exact) mass is 366 g/mol. The third-order valence-electron chi connectivity index (χ3n) is 5.48. The molecule has 0 aliphatic carbocycles. The molecule has 2 aromatic carbocycles. The van der Waals surface area contributed by atoms with Crippen molar-refractivity contribution in [3.05, 3.63) is 59.2 Å². The average molecular weight is 367 g/mol. The first-order valence-corrected chi connectivity index (χ1v) is 10.8. The van der Waals surface area contributed by atoms with Gasteiger partial charge in [-0.05, 0) is 54.9 Å². The van der Waals surface area contributed by atoms with Gasteiger partial charge in [-0.25, -0.2) is 0 Å². The SMILES string of the molecule is CCCN(CCCN(C)c1ccccc1CC)c1c(CC)cccc1CC. The number of nitrogens with zero attached hydrogens (tertiary/aromatic N) is 2. The summed E-state index contributed by atoms with van der Waals surface area (Å²) in [4.78, 5) is 5.06. The average Bonchev–Trinajstić information content (AvgIpc) is 2.72. The Bertz CT molecular complexity index is 670. The number of para-hydroxylation sites is 2. The number of benzene rings is 2. The van der Waals surface area contributed by atoms with E-state index in [0.717, 1.165) is 38.9 Å². The summed E-state index contributed by atoms with van der Waals surface area (Å²) in [7, 11) is 2.23. The molecule has 0 aliphatic rings. The summed E-state index contributed by atoms with van der Waals surface area (Å²) in [6.45, 7) is 12.4. The lowest BCUT2D eigenvalue weighted by Gasteiger charge is -2.30. The van der Waals surface area contributed by atoms with Crippen LogP contribution in [0.15, 0.2) is 42.5 Å². The van der Waals surface area contributed by atoms with Crippen LogP contribution in [0, 0.1) is 0 Å². The van der Waals surface area contributed by atoms with E-state index < -0.39 is 0 Å². The van der Waals surface area contributed by atoms with Crippen LogP contribution in [0.25, 0.3) is 0 Å². The molecule has 0 aliphatic heterocycles. The Morgan fingerprint density at radius 3 is 1.85 bits per heavy atom. The topological polar surface area (TPSA) is 6.48 Å². The second-order valence-corrected chi connectivity index (χ2v) is 7.38. The Morgan fingerprint density at radius 1 is 0.667 bits per heavy atom. The number of hydrogen-bond acceptors (Lipinski definition) is 2. The maximum Gasteiger partial charge on any atom is 0.0431 e. The lowest BCUT2D eigenvalue weighted by molar-refractivity contribution is 0.699. The molecule has 0 N–H and O–H groups in total. The number of hydrogen-bond donors (Lipinski definition) is 0. The summed E-state index contributed by atoms with van der Waals surface area (Å²) in [5.41, 5.74) is 7.31. The van der Waals surface area contributed by atoms with Crippen molar-refractivity contribution in [2.75, 3.05) is 36.5 Å². The number of rotatable bonds is 11. The van der Waals surface area contributed by atoms with Gasteiger partial charge >= 0.3 is 0 Å². The van der Waals surface area contributed by atoms with Crippen LogP contribution in [-0.2, 0) is 19.3 Å². The van der Waals surface area contributed by atoms with E-state index in [2.05, 4.69) is 87.0 Å². The zero-order valence-electron chi connectivity index (χ0n) is 18.1. The quantitative estimate of drug-likeness (QED) is 0.473. The summed E-state index contributed by atoms with van der Waals surface area (Å²) >= 11 is 0. The predicted molar refractivity (Wildman–Crippen MR) is 121 cm³/mol. The van der Waals surface area contributed by atoms with Crippen molar-refractivity contribution in [3.8, 4) is 0 Å². The van der Waals surface area contributed by atoms with Crippen LogP contribution < -0.4 is 9.80 Å². The minimum atomic E-state index is 1.09. The lowest BCUT2D eigenvalue weighted by atomic mass is 10.0. The molecule has 0 atom stereocenters. The molecule has 2 rings (SSSR count). The van der Waals surface area contributed by atoms with Gasteiger partial charge in [0.25, 0.3) is 0 Å². The van der Waals surface area contributed by atoms with Gasteiger partial charge < -0.3 is 9.80 Å². The van der Waals surface area contributed by atoms with Crippen molar-refractivity contribution in [2.45, 2.75) is 59.8 Å². The first-order chi connectivity index (χ1) is 13.2. The number of anilines is 2. The highest BCUT2D eigenvalue weighted by atomic mass is 15.1. The predicted octanol–water partition coefficient (Wildman–Crippen LogP) is 6.12. The van der Waals surface area contributed by atoms with E-state index >= 15 is 0 Å². The summed E-state index contributed by atoms with van der Waals surface area (Å²) in [6.07, 6.45) is 5.66. The molecular formula is C25H38N2. The second-order valence-electron chi connectivity index (χ2n) is 7.38. The summed E-state index contributed by atoms with van der Waals surface area (Å²) in [5, 5.41) is 0. The molecule has 0 unspecified atom stereocenters. The summed E-state index contributed by atoms with van der Waals surface area (Å²) in [6, 6.07) is 15.6. The van der Waals surface area contributed by atoms with Crippen molar-refractivity contribution in [3.63, 3.8) is 0 Å². The minimum absolute atomic E-state index is 1.09. The molecular weight excluding hydrogens is 328 g/mol. The van der Waals surface area contributed by atoms with E-state index in [1.54, 1.807) is 0 Å². The first-order valence-electron chi connectivity index (χ1n) is 10.8. The van der Waals surface area contributed by atoms with Crippen molar-refractivity contribution in [1.82, 2.24) is 0 Å². The molecule has 2 aromatic rings. The van der Waals surface area contributed by atoms with E-state index in [1.807, 2.05) is 0 Å². The zero-order valence-corrected chi connectivity index (χ0v) is 18.1. The molecule has 0 radical (unpaired) electrons. The Morgan fingerprint density at radius 2 is 1.26 bits per heavy atom. The van der Waals surface area contributed by atoms with Gasteiger partial charge in [0, 0.05) is 38.1 Å². The number of aryl methyl sites for hydroxylation is 3. The van der Waals surface area contributed by atoms with Crippen LogP contribution in [0.1, 0.15) is 57.2 Å². The fourth-order valence-corrected chi connectivity index (χ4v) is 4.03. The maximum absolute atomic E-state index is 2.64. The smallest absolute Gasteiger partial charge is 0.0431 e. The molecule has 0 spiro atoms. The first kappa shape index (κ1) is 21.3. The molecule has 0 saturated heterocycles. The van der Waals surface area contributed by atoms with E-state index in [1.165, 1.54) is 40.9 Å². The van der Waals surface area contributed by atoms with Gasteiger partial charge in [0.1, 0.15) is 0 Å². The highest BCUT2D eigenvalue weighted by Gasteiger charge is 2.14. The van der Waals surface area contributed by atoms with Crippen LogP contribution in [-0.4, -0.2) is 26.7 Å². The van der Waals surface area contributed by atoms with Gasteiger partial charge in [-0.15, -0.1) is 0 Å². The molecule has 2 nitrogen and oxygen atoms in total. The molecule has 2 heteroatoms. The van der Waals surface area contributed by atoms with Crippen molar-refractivity contribution in [1.29, 1.82) is 0 Å². The lowest BCUT2D eigenvalue weighted by Crippen LogP contribution is -2.30. The third-order valence-corrected chi connectivity index (χ3v) is 5.48. The Hall–Kier alpha value is -1.96. The maximum atomic E-state index is 2.64. The van der Waals surface area contributed by atoms with Gasteiger partial charge in [0.2, 0.25) is 0 Å². The fraction of sp³-hybridized carbons (Fsp3) is 0.520. The van der Waals surface area contributed by atoms with Gasteiger partial charge in [0.05, 0.1) is 0 Å². The zero-order chi connectivity index (χ0) is 19.6. The van der Waals surface area contributed by atoms with Crippen molar-refractivity contribution < 1.29 is 0 Å². The van der Waals surface area contributed by atoms with Crippen LogP contribution in [0.3, 0.4) is 0 Å². The summed E-state index contributed by atoms with van der Waals surface area (Å²) in [5.74, 6) is 0. The molecule has 27 heavy (non-hydrogen) atoms. The van der Waals surface area contributed by atoms with E-state index in [0.29, 0.717) is 0 Å².